The number of ether oxygens (including phenoxy) is 1. The normalized spacial score (nSPS) is 16.1. The minimum absolute atomic E-state index is 0.134. The summed E-state index contributed by atoms with van der Waals surface area (Å²) >= 11 is 0. The van der Waals surface area contributed by atoms with Crippen molar-refractivity contribution < 1.29 is 9.84 Å². The third-order valence-corrected chi connectivity index (χ3v) is 5.31. The number of H-pyrrole nitrogens is 1. The topological polar surface area (TPSA) is 94.6 Å². The molecule has 0 saturated carbocycles. The zero-order valence-electron chi connectivity index (χ0n) is 15.8. The number of rotatable bonds is 3. The molecule has 0 bridgehead atoms. The van der Waals surface area contributed by atoms with Gasteiger partial charge in [-0.05, 0) is 24.6 Å². The van der Waals surface area contributed by atoms with E-state index in [0.29, 0.717) is 19.2 Å². The Bertz CT molecular complexity index is 1090. The van der Waals surface area contributed by atoms with Gasteiger partial charge < -0.3 is 24.6 Å². The number of hydrogen-bond acceptors (Lipinski definition) is 7. The van der Waals surface area contributed by atoms with Crippen molar-refractivity contribution in [3.05, 3.63) is 58.5 Å². The van der Waals surface area contributed by atoms with E-state index in [2.05, 4.69) is 14.8 Å². The zero-order chi connectivity index (χ0) is 19.8. The Morgan fingerprint density at radius 2 is 1.93 bits per heavy atom. The van der Waals surface area contributed by atoms with E-state index in [1.807, 2.05) is 12.1 Å². The Balaban J connectivity index is 1.65. The van der Waals surface area contributed by atoms with Gasteiger partial charge in [0.2, 0.25) is 11.5 Å². The number of hydrogen-bond donors (Lipinski definition) is 2. The van der Waals surface area contributed by atoms with Crippen molar-refractivity contribution >= 4 is 17.5 Å². The molecule has 1 saturated heterocycles. The second kappa shape index (κ2) is 7.21. The summed E-state index contributed by atoms with van der Waals surface area (Å²) in [6.07, 6.45) is 2.49. The van der Waals surface area contributed by atoms with Crippen molar-refractivity contribution in [3.8, 4) is 17.0 Å². The lowest BCUT2D eigenvalue weighted by atomic mass is 10.1. The third kappa shape index (κ3) is 3.31. The Morgan fingerprint density at radius 1 is 1.07 bits per heavy atom. The predicted octanol–water partition coefficient (Wildman–Crippen LogP) is 2.07. The molecule has 1 fully saturated rings. The van der Waals surface area contributed by atoms with Crippen LogP contribution < -0.4 is 15.4 Å². The standard InChI is InChI=1S/C21H21N5O3/c27-16-3-1-2-14(12-16)19-17-6-7-26(15-4-5-18(28)22-13-15)20(17)24-21(23-19)25-8-10-29-11-9-25/h1-5,12-13,27H,6-11H2,(H,22,28). The Hall–Kier alpha value is -3.39. The van der Waals surface area contributed by atoms with Crippen LogP contribution in [0, 0.1) is 0 Å². The van der Waals surface area contributed by atoms with Crippen LogP contribution in [0.5, 0.6) is 5.75 Å². The third-order valence-electron chi connectivity index (χ3n) is 5.31. The molecule has 0 atom stereocenters. The Labute approximate surface area is 167 Å². The minimum Gasteiger partial charge on any atom is -0.508 e. The molecule has 8 nitrogen and oxygen atoms in total. The molecule has 3 aromatic rings. The van der Waals surface area contributed by atoms with Crippen LogP contribution in [0.15, 0.2) is 47.4 Å². The number of anilines is 3. The molecule has 5 rings (SSSR count). The summed E-state index contributed by atoms with van der Waals surface area (Å²) in [6, 6.07) is 10.5. The number of pyridine rings is 1. The SMILES string of the molecule is O=c1ccc(N2CCc3c(-c4cccc(O)c4)nc(N4CCOCC4)nc32)c[nH]1. The predicted molar refractivity (Wildman–Crippen MR) is 110 cm³/mol. The fourth-order valence-corrected chi connectivity index (χ4v) is 3.86. The van der Waals surface area contributed by atoms with Crippen molar-refractivity contribution in [2.75, 3.05) is 42.6 Å². The molecule has 29 heavy (non-hydrogen) atoms. The van der Waals surface area contributed by atoms with Gasteiger partial charge in [0.25, 0.3) is 0 Å². The number of phenolic OH excluding ortho intramolecular Hbond substituents is 1. The van der Waals surface area contributed by atoms with Gasteiger partial charge in [0.05, 0.1) is 24.6 Å². The molecule has 0 aliphatic carbocycles. The van der Waals surface area contributed by atoms with Crippen molar-refractivity contribution in [1.29, 1.82) is 0 Å². The van der Waals surface area contributed by atoms with E-state index in [1.165, 1.54) is 6.07 Å². The van der Waals surface area contributed by atoms with E-state index in [0.717, 1.165) is 54.4 Å². The van der Waals surface area contributed by atoms with Gasteiger partial charge in [-0.3, -0.25) is 4.79 Å². The molecule has 148 valence electrons. The van der Waals surface area contributed by atoms with Crippen LogP contribution in [0.2, 0.25) is 0 Å². The van der Waals surface area contributed by atoms with Gasteiger partial charge in [-0.15, -0.1) is 0 Å². The van der Waals surface area contributed by atoms with Crippen molar-refractivity contribution in [2.45, 2.75) is 6.42 Å². The van der Waals surface area contributed by atoms with Crippen LogP contribution in [0.1, 0.15) is 5.56 Å². The first-order valence-electron chi connectivity index (χ1n) is 9.68. The summed E-state index contributed by atoms with van der Waals surface area (Å²) in [5.41, 5.74) is 3.49. The monoisotopic (exact) mass is 391 g/mol. The largest absolute Gasteiger partial charge is 0.508 e. The maximum absolute atomic E-state index is 11.5. The maximum atomic E-state index is 11.5. The minimum atomic E-state index is -0.134. The van der Waals surface area contributed by atoms with Crippen molar-refractivity contribution in [2.24, 2.45) is 0 Å². The maximum Gasteiger partial charge on any atom is 0.248 e. The highest BCUT2D eigenvalue weighted by Crippen LogP contribution is 2.39. The lowest BCUT2D eigenvalue weighted by Gasteiger charge is -2.28. The van der Waals surface area contributed by atoms with Crippen LogP contribution in [0.3, 0.4) is 0 Å². The highest BCUT2D eigenvalue weighted by atomic mass is 16.5. The van der Waals surface area contributed by atoms with E-state index >= 15 is 0 Å². The zero-order valence-corrected chi connectivity index (χ0v) is 15.8. The van der Waals surface area contributed by atoms with Crippen LogP contribution in [0.4, 0.5) is 17.5 Å². The average molecular weight is 391 g/mol. The number of fused-ring (bicyclic) bond motifs is 1. The number of morpholine rings is 1. The molecule has 2 N–H and O–H groups in total. The highest BCUT2D eigenvalue weighted by Gasteiger charge is 2.29. The van der Waals surface area contributed by atoms with Gasteiger partial charge in [-0.25, -0.2) is 4.98 Å². The number of aromatic hydroxyl groups is 1. The Kier molecular flexibility index (Phi) is 4.40. The molecule has 4 heterocycles. The molecule has 0 radical (unpaired) electrons. The van der Waals surface area contributed by atoms with E-state index < -0.39 is 0 Å². The second-order valence-electron chi connectivity index (χ2n) is 7.14. The fraction of sp³-hybridized carbons (Fsp3) is 0.286. The summed E-state index contributed by atoms with van der Waals surface area (Å²) < 4.78 is 5.47. The van der Waals surface area contributed by atoms with Gasteiger partial charge in [-0.2, -0.15) is 4.98 Å². The summed E-state index contributed by atoms with van der Waals surface area (Å²) in [5.74, 6) is 1.70. The number of aromatic amines is 1. The summed E-state index contributed by atoms with van der Waals surface area (Å²) in [4.78, 5) is 28.2. The van der Waals surface area contributed by atoms with E-state index in [9.17, 15) is 9.90 Å². The quantitative estimate of drug-likeness (QED) is 0.706. The first-order valence-corrected chi connectivity index (χ1v) is 9.68. The molecule has 1 aromatic carbocycles. The van der Waals surface area contributed by atoms with Gasteiger partial charge >= 0.3 is 0 Å². The molecular formula is C21H21N5O3. The summed E-state index contributed by atoms with van der Waals surface area (Å²) in [5, 5.41) is 9.98. The van der Waals surface area contributed by atoms with Crippen LogP contribution in [-0.4, -0.2) is 52.9 Å². The second-order valence-corrected chi connectivity index (χ2v) is 7.14. The van der Waals surface area contributed by atoms with Crippen LogP contribution in [0.25, 0.3) is 11.3 Å². The smallest absolute Gasteiger partial charge is 0.248 e. The molecule has 0 spiro atoms. The first kappa shape index (κ1) is 17.7. The molecule has 0 amide bonds. The van der Waals surface area contributed by atoms with Gasteiger partial charge in [-0.1, -0.05) is 12.1 Å². The van der Waals surface area contributed by atoms with E-state index in [-0.39, 0.29) is 11.3 Å². The highest BCUT2D eigenvalue weighted by molar-refractivity contribution is 5.77. The lowest BCUT2D eigenvalue weighted by Crippen LogP contribution is -2.37. The van der Waals surface area contributed by atoms with Gasteiger partial charge in [0.15, 0.2) is 0 Å². The molecule has 0 unspecified atom stereocenters. The van der Waals surface area contributed by atoms with E-state index in [4.69, 9.17) is 14.7 Å². The number of phenols is 1. The number of benzene rings is 1. The average Bonchev–Trinajstić information content (AvgIpc) is 3.18. The molecule has 2 aliphatic heterocycles. The number of nitrogens with zero attached hydrogens (tertiary/aromatic N) is 4. The first-order chi connectivity index (χ1) is 14.2. The molecular weight excluding hydrogens is 370 g/mol. The van der Waals surface area contributed by atoms with E-state index in [1.54, 1.807) is 24.4 Å². The van der Waals surface area contributed by atoms with Crippen LogP contribution in [-0.2, 0) is 11.2 Å². The lowest BCUT2D eigenvalue weighted by molar-refractivity contribution is 0.122. The van der Waals surface area contributed by atoms with Crippen molar-refractivity contribution in [3.63, 3.8) is 0 Å². The summed E-state index contributed by atoms with van der Waals surface area (Å²) in [6.45, 7) is 3.50. The molecule has 2 aromatic heterocycles. The van der Waals surface area contributed by atoms with Gasteiger partial charge in [0, 0.05) is 43.0 Å². The fourth-order valence-electron chi connectivity index (χ4n) is 3.86. The molecule has 8 heteroatoms. The molecule has 2 aliphatic rings. The van der Waals surface area contributed by atoms with Crippen LogP contribution >= 0.6 is 0 Å². The number of nitrogens with one attached hydrogen (secondary N) is 1. The number of aromatic nitrogens is 3. The van der Waals surface area contributed by atoms with Crippen molar-refractivity contribution in [1.82, 2.24) is 15.0 Å². The van der Waals surface area contributed by atoms with Gasteiger partial charge in [0.1, 0.15) is 11.6 Å². The Morgan fingerprint density at radius 3 is 2.69 bits per heavy atom. The summed E-state index contributed by atoms with van der Waals surface area (Å²) in [7, 11) is 0.